The average molecular weight is 307 g/mol. The zero-order chi connectivity index (χ0) is 15.8. The van der Waals surface area contributed by atoms with E-state index >= 15 is 0 Å². The zero-order valence-electron chi connectivity index (χ0n) is 13.5. The number of nitrogens with one attached hydrogen (secondary N) is 2. The van der Waals surface area contributed by atoms with Crippen molar-refractivity contribution in [3.63, 3.8) is 0 Å². The molecule has 2 N–H and O–H groups in total. The predicted octanol–water partition coefficient (Wildman–Crippen LogP) is 1.20. The van der Waals surface area contributed by atoms with Crippen molar-refractivity contribution in [3.8, 4) is 11.5 Å². The van der Waals surface area contributed by atoms with Crippen LogP contribution in [0.5, 0.6) is 11.5 Å². The quantitative estimate of drug-likeness (QED) is 0.611. The topological polar surface area (TPSA) is 64.1 Å². The Hall–Kier alpha value is -1.95. The van der Waals surface area contributed by atoms with Crippen molar-refractivity contribution in [3.05, 3.63) is 23.8 Å². The van der Waals surface area contributed by atoms with Crippen LogP contribution in [0, 0.1) is 0 Å². The van der Waals surface area contributed by atoms with Crippen LogP contribution in [0.25, 0.3) is 0 Å². The summed E-state index contributed by atoms with van der Waals surface area (Å²) >= 11 is 0. The predicted molar refractivity (Wildman–Crippen MR) is 87.0 cm³/mol. The lowest BCUT2D eigenvalue weighted by Crippen LogP contribution is -2.44. The van der Waals surface area contributed by atoms with Crippen LogP contribution < -0.4 is 20.1 Å². The van der Waals surface area contributed by atoms with Crippen molar-refractivity contribution in [2.75, 3.05) is 40.5 Å². The number of nitrogens with zero attached hydrogens (tertiary/aromatic N) is 1. The van der Waals surface area contributed by atoms with Gasteiger partial charge in [-0.15, -0.1) is 0 Å². The molecule has 1 aromatic carbocycles. The van der Waals surface area contributed by atoms with E-state index < -0.39 is 0 Å². The Morgan fingerprint density at radius 3 is 2.82 bits per heavy atom. The lowest BCUT2D eigenvalue weighted by atomic mass is 10.1. The van der Waals surface area contributed by atoms with Crippen LogP contribution in [-0.4, -0.2) is 52.5 Å². The second-order valence-electron chi connectivity index (χ2n) is 5.23. The maximum Gasteiger partial charge on any atom is 0.191 e. The Morgan fingerprint density at radius 2 is 2.09 bits per heavy atom. The molecule has 1 atom stereocenters. The van der Waals surface area contributed by atoms with Gasteiger partial charge in [-0.2, -0.15) is 0 Å². The van der Waals surface area contributed by atoms with Crippen LogP contribution in [0.15, 0.2) is 23.2 Å². The summed E-state index contributed by atoms with van der Waals surface area (Å²) in [6.07, 6.45) is 0.885. The number of ether oxygens (including phenoxy) is 3. The molecule has 0 saturated carbocycles. The molecule has 2 rings (SSSR count). The van der Waals surface area contributed by atoms with Gasteiger partial charge in [0.25, 0.3) is 0 Å². The van der Waals surface area contributed by atoms with Gasteiger partial charge < -0.3 is 24.8 Å². The van der Waals surface area contributed by atoms with E-state index in [2.05, 4.69) is 28.6 Å². The SMILES string of the molecule is CN=C(NCCc1ccc2c(c1)OCCO2)NC(C)COC. The number of rotatable bonds is 6. The number of fused-ring (bicyclic) bond motifs is 1. The van der Waals surface area contributed by atoms with Crippen LogP contribution in [0.3, 0.4) is 0 Å². The van der Waals surface area contributed by atoms with Gasteiger partial charge in [-0.1, -0.05) is 6.07 Å². The van der Waals surface area contributed by atoms with E-state index in [1.165, 1.54) is 5.56 Å². The average Bonchev–Trinajstić information content (AvgIpc) is 2.54. The number of benzene rings is 1. The van der Waals surface area contributed by atoms with Crippen molar-refractivity contribution in [2.45, 2.75) is 19.4 Å². The summed E-state index contributed by atoms with van der Waals surface area (Å²) in [5, 5.41) is 6.57. The minimum Gasteiger partial charge on any atom is -0.486 e. The second kappa shape index (κ2) is 8.48. The minimum atomic E-state index is 0.213. The normalized spacial score (nSPS) is 15.3. The highest BCUT2D eigenvalue weighted by atomic mass is 16.6. The third-order valence-electron chi connectivity index (χ3n) is 3.34. The van der Waals surface area contributed by atoms with Gasteiger partial charge in [-0.3, -0.25) is 4.99 Å². The molecule has 0 amide bonds. The number of aliphatic imine (C=N–C) groups is 1. The maximum atomic E-state index is 5.60. The van der Waals surface area contributed by atoms with Crippen LogP contribution in [0.1, 0.15) is 12.5 Å². The molecule has 122 valence electrons. The van der Waals surface area contributed by atoms with Crippen LogP contribution >= 0.6 is 0 Å². The molecule has 1 unspecified atom stereocenters. The molecule has 0 bridgehead atoms. The smallest absolute Gasteiger partial charge is 0.191 e. The summed E-state index contributed by atoms with van der Waals surface area (Å²) in [5.41, 5.74) is 1.21. The van der Waals surface area contributed by atoms with E-state index in [0.717, 1.165) is 30.4 Å². The molecule has 0 spiro atoms. The van der Waals surface area contributed by atoms with E-state index in [-0.39, 0.29) is 6.04 Å². The van der Waals surface area contributed by atoms with Gasteiger partial charge in [-0.05, 0) is 31.0 Å². The van der Waals surface area contributed by atoms with E-state index in [0.29, 0.717) is 19.8 Å². The number of methoxy groups -OCH3 is 1. The van der Waals surface area contributed by atoms with Gasteiger partial charge >= 0.3 is 0 Å². The fourth-order valence-electron chi connectivity index (χ4n) is 2.29. The van der Waals surface area contributed by atoms with Crippen molar-refractivity contribution in [2.24, 2.45) is 4.99 Å². The summed E-state index contributed by atoms with van der Waals surface area (Å²) in [4.78, 5) is 4.21. The molecular formula is C16H25N3O3. The second-order valence-corrected chi connectivity index (χ2v) is 5.23. The van der Waals surface area contributed by atoms with Crippen LogP contribution in [0.4, 0.5) is 0 Å². The lowest BCUT2D eigenvalue weighted by molar-refractivity contribution is 0.171. The molecule has 6 heteroatoms. The fraction of sp³-hybridized carbons (Fsp3) is 0.562. The van der Waals surface area contributed by atoms with Gasteiger partial charge in [0.1, 0.15) is 13.2 Å². The Labute approximate surface area is 131 Å². The monoisotopic (exact) mass is 307 g/mol. The number of hydrogen-bond acceptors (Lipinski definition) is 4. The first-order chi connectivity index (χ1) is 10.7. The Kier molecular flexibility index (Phi) is 6.33. The third-order valence-corrected chi connectivity index (χ3v) is 3.34. The molecular weight excluding hydrogens is 282 g/mol. The Bertz CT molecular complexity index is 505. The standard InChI is InChI=1S/C16H25N3O3/c1-12(11-20-3)19-16(17-2)18-7-6-13-4-5-14-15(10-13)22-9-8-21-14/h4-5,10,12H,6-9,11H2,1-3H3,(H2,17,18,19). The molecule has 1 aliphatic heterocycles. The first-order valence-electron chi connectivity index (χ1n) is 7.57. The fourth-order valence-corrected chi connectivity index (χ4v) is 2.29. The number of guanidine groups is 1. The van der Waals surface area contributed by atoms with E-state index in [9.17, 15) is 0 Å². The Morgan fingerprint density at radius 1 is 1.32 bits per heavy atom. The molecule has 22 heavy (non-hydrogen) atoms. The van der Waals surface area contributed by atoms with Gasteiger partial charge in [0.15, 0.2) is 17.5 Å². The van der Waals surface area contributed by atoms with E-state index in [1.54, 1.807) is 14.2 Å². The highest BCUT2D eigenvalue weighted by molar-refractivity contribution is 5.79. The molecule has 1 aliphatic rings. The summed E-state index contributed by atoms with van der Waals surface area (Å²) in [7, 11) is 3.45. The Balaban J connectivity index is 1.80. The molecule has 1 heterocycles. The van der Waals surface area contributed by atoms with Gasteiger partial charge in [0.05, 0.1) is 6.61 Å². The molecule has 0 fully saturated rings. The summed E-state index contributed by atoms with van der Waals surface area (Å²) in [5.74, 6) is 2.44. The first-order valence-corrected chi connectivity index (χ1v) is 7.57. The summed E-state index contributed by atoms with van der Waals surface area (Å²) in [6.45, 7) is 4.72. The van der Waals surface area contributed by atoms with Gasteiger partial charge in [-0.25, -0.2) is 0 Å². The largest absolute Gasteiger partial charge is 0.486 e. The summed E-state index contributed by atoms with van der Waals surface area (Å²) < 4.78 is 16.2. The highest BCUT2D eigenvalue weighted by Crippen LogP contribution is 2.30. The van der Waals surface area contributed by atoms with Gasteiger partial charge in [0, 0.05) is 26.7 Å². The molecule has 0 radical (unpaired) electrons. The van der Waals surface area contributed by atoms with Crippen molar-refractivity contribution < 1.29 is 14.2 Å². The minimum absolute atomic E-state index is 0.213. The summed E-state index contributed by atoms with van der Waals surface area (Å²) in [6, 6.07) is 6.29. The molecule has 0 aromatic heterocycles. The molecule has 0 saturated heterocycles. The molecule has 6 nitrogen and oxygen atoms in total. The highest BCUT2D eigenvalue weighted by Gasteiger charge is 2.11. The van der Waals surface area contributed by atoms with Crippen molar-refractivity contribution >= 4 is 5.96 Å². The van der Waals surface area contributed by atoms with Crippen molar-refractivity contribution in [1.82, 2.24) is 10.6 Å². The zero-order valence-corrected chi connectivity index (χ0v) is 13.5. The molecule has 1 aromatic rings. The number of hydrogen-bond donors (Lipinski definition) is 2. The van der Waals surface area contributed by atoms with Crippen molar-refractivity contribution in [1.29, 1.82) is 0 Å². The van der Waals surface area contributed by atoms with Gasteiger partial charge in [0.2, 0.25) is 0 Å². The van der Waals surface area contributed by atoms with Crippen LogP contribution in [0.2, 0.25) is 0 Å². The maximum absolute atomic E-state index is 5.60. The van der Waals surface area contributed by atoms with Crippen LogP contribution in [-0.2, 0) is 11.2 Å². The lowest BCUT2D eigenvalue weighted by Gasteiger charge is -2.19. The van der Waals surface area contributed by atoms with E-state index in [4.69, 9.17) is 14.2 Å². The first kappa shape index (κ1) is 16.4. The van der Waals surface area contributed by atoms with E-state index in [1.807, 2.05) is 12.1 Å². The third kappa shape index (κ3) is 4.80. The molecule has 0 aliphatic carbocycles.